The van der Waals surface area contributed by atoms with Crippen molar-refractivity contribution in [1.82, 2.24) is 5.32 Å². The van der Waals surface area contributed by atoms with Crippen molar-refractivity contribution >= 4 is 25.4 Å². The normalized spacial score (nSPS) is 20.6. The molecule has 158 valence electrons. The van der Waals surface area contributed by atoms with E-state index in [9.17, 15) is 4.79 Å². The summed E-state index contributed by atoms with van der Waals surface area (Å²) in [5.41, 5.74) is 5.36. The van der Waals surface area contributed by atoms with Crippen molar-refractivity contribution < 1.29 is 23.6 Å². The summed E-state index contributed by atoms with van der Waals surface area (Å²) < 4.78 is 23.6. The second kappa shape index (κ2) is 9.94. The van der Waals surface area contributed by atoms with Gasteiger partial charge in [0.1, 0.15) is 5.75 Å². The Hall–Kier alpha value is -1.32. The van der Waals surface area contributed by atoms with Crippen molar-refractivity contribution in [2.45, 2.75) is 70.5 Å². The second-order valence-electron chi connectivity index (χ2n) is 7.68. The second-order valence-corrected chi connectivity index (χ2v) is 7.68. The summed E-state index contributed by atoms with van der Waals surface area (Å²) in [6.07, 6.45) is -0.478. The van der Waals surface area contributed by atoms with E-state index in [2.05, 4.69) is 5.32 Å². The van der Waals surface area contributed by atoms with Crippen LogP contribution in [0.1, 0.15) is 41.0 Å². The van der Waals surface area contributed by atoms with Crippen molar-refractivity contribution in [1.29, 1.82) is 0 Å². The fraction of sp³-hybridized carbons (Fsp3) is 0.632. The van der Waals surface area contributed by atoms with Gasteiger partial charge in [0.25, 0.3) is 0 Å². The van der Waals surface area contributed by atoms with E-state index in [-0.39, 0.29) is 18.3 Å². The average Bonchev–Trinajstić information content (AvgIpc) is 2.84. The Balaban J connectivity index is 0.00000392. The van der Waals surface area contributed by atoms with Gasteiger partial charge < -0.3 is 29.8 Å². The quantitative estimate of drug-likeness (QED) is 0.501. The fourth-order valence-electron chi connectivity index (χ4n) is 2.76. The summed E-state index contributed by atoms with van der Waals surface area (Å²) >= 11 is 0. The number of carbonyl (C=O) groups excluding carboxylic acids is 1. The molecule has 3 N–H and O–H groups in total. The number of rotatable bonds is 8. The Kier molecular flexibility index (Phi) is 8.77. The first-order valence-corrected chi connectivity index (χ1v) is 9.26. The van der Waals surface area contributed by atoms with Gasteiger partial charge in [0, 0.05) is 13.5 Å². The van der Waals surface area contributed by atoms with E-state index in [1.165, 1.54) is 7.11 Å². The smallest absolute Gasteiger partial charge is 0.463 e. The molecule has 1 fully saturated rings. The van der Waals surface area contributed by atoms with Crippen LogP contribution in [-0.4, -0.2) is 49.6 Å². The maximum absolute atomic E-state index is 12.1. The topological polar surface area (TPSA) is 92.0 Å². The molecule has 1 amide bonds. The third-order valence-corrected chi connectivity index (χ3v) is 5.17. The van der Waals surface area contributed by atoms with Crippen molar-refractivity contribution in [2.75, 3.05) is 7.11 Å². The van der Waals surface area contributed by atoms with E-state index >= 15 is 0 Å². The summed E-state index contributed by atoms with van der Waals surface area (Å²) in [6, 6.07) is 8.51. The Morgan fingerprint density at radius 2 is 1.71 bits per heavy atom. The first-order chi connectivity index (χ1) is 12.6. The van der Waals surface area contributed by atoms with Gasteiger partial charge in [-0.3, -0.25) is 4.79 Å². The third kappa shape index (κ3) is 5.61. The van der Waals surface area contributed by atoms with Crippen LogP contribution in [0.5, 0.6) is 5.75 Å². The SMILES string of the molecule is CCC(=O)N[C@H](B1OC(C)(C)C(C)(C)O1)[C@@H](N)[C@H](OC)Oc1ccccc1.Cl. The van der Waals surface area contributed by atoms with Crippen LogP contribution in [0.2, 0.25) is 0 Å². The van der Waals surface area contributed by atoms with Crippen LogP contribution >= 0.6 is 12.4 Å². The zero-order valence-corrected chi connectivity index (χ0v) is 18.2. The molecule has 1 saturated heterocycles. The van der Waals surface area contributed by atoms with Crippen molar-refractivity contribution in [2.24, 2.45) is 5.73 Å². The number of nitrogens with one attached hydrogen (secondary N) is 1. The largest absolute Gasteiger partial charge is 0.483 e. The van der Waals surface area contributed by atoms with Gasteiger partial charge in [-0.1, -0.05) is 25.1 Å². The van der Waals surface area contributed by atoms with Crippen LogP contribution in [0.3, 0.4) is 0 Å². The number of nitrogens with two attached hydrogens (primary N) is 1. The van der Waals surface area contributed by atoms with E-state index in [4.69, 9.17) is 24.5 Å². The molecule has 28 heavy (non-hydrogen) atoms. The number of carbonyl (C=O) groups is 1. The lowest BCUT2D eigenvalue weighted by Gasteiger charge is -2.32. The molecule has 7 nitrogen and oxygen atoms in total. The molecule has 0 radical (unpaired) electrons. The van der Waals surface area contributed by atoms with E-state index in [1.807, 2.05) is 58.0 Å². The Labute approximate surface area is 174 Å². The first-order valence-electron chi connectivity index (χ1n) is 9.26. The Bertz CT molecular complexity index is 616. The summed E-state index contributed by atoms with van der Waals surface area (Å²) in [6.45, 7) is 9.57. The van der Waals surface area contributed by atoms with Crippen LogP contribution in [0, 0.1) is 0 Å². The fourth-order valence-corrected chi connectivity index (χ4v) is 2.76. The highest BCUT2D eigenvalue weighted by Gasteiger charge is 2.56. The monoisotopic (exact) mass is 414 g/mol. The van der Waals surface area contributed by atoms with Crippen molar-refractivity contribution in [3.8, 4) is 5.75 Å². The molecular formula is C19H32BClN2O5. The molecule has 0 aromatic heterocycles. The Morgan fingerprint density at radius 3 is 2.18 bits per heavy atom. The van der Waals surface area contributed by atoms with Gasteiger partial charge in [-0.05, 0) is 39.8 Å². The zero-order chi connectivity index (χ0) is 20.2. The predicted octanol–water partition coefficient (Wildman–Crippen LogP) is 2.31. The number of amides is 1. The number of halogens is 1. The van der Waals surface area contributed by atoms with E-state index in [1.54, 1.807) is 6.92 Å². The van der Waals surface area contributed by atoms with E-state index in [0.717, 1.165) is 0 Å². The van der Waals surface area contributed by atoms with Gasteiger partial charge >= 0.3 is 7.12 Å². The maximum Gasteiger partial charge on any atom is 0.483 e. The molecule has 0 bridgehead atoms. The van der Waals surface area contributed by atoms with Gasteiger partial charge in [0.15, 0.2) is 0 Å². The third-order valence-electron chi connectivity index (χ3n) is 5.17. The van der Waals surface area contributed by atoms with Crippen LogP contribution in [-0.2, 0) is 18.8 Å². The lowest BCUT2D eigenvalue weighted by Crippen LogP contribution is -2.62. The predicted molar refractivity (Wildman–Crippen MR) is 111 cm³/mol. The minimum Gasteiger partial charge on any atom is -0.463 e. The average molecular weight is 415 g/mol. The van der Waals surface area contributed by atoms with Gasteiger partial charge in [-0.25, -0.2) is 0 Å². The molecule has 1 aliphatic rings. The lowest BCUT2D eigenvalue weighted by atomic mass is 9.73. The molecule has 1 aliphatic heterocycles. The minimum atomic E-state index is -0.798. The number of hydrogen-bond donors (Lipinski definition) is 2. The molecule has 9 heteroatoms. The van der Waals surface area contributed by atoms with E-state index < -0.39 is 36.6 Å². The standard InChI is InChI=1S/C19H31BN2O5.ClH/c1-7-14(23)22-16(20-26-18(2,3)19(4,5)27-20)15(21)17(24-6)25-13-11-9-8-10-12-13;/h8-12,15-17H,7,21H2,1-6H3,(H,22,23);1H/t15-,16+,17-;/m1./s1. The van der Waals surface area contributed by atoms with Crippen LogP contribution < -0.4 is 15.8 Å². The van der Waals surface area contributed by atoms with Gasteiger partial charge in [0.2, 0.25) is 12.2 Å². The molecule has 0 aliphatic carbocycles. The highest BCUT2D eigenvalue weighted by Crippen LogP contribution is 2.38. The molecule has 2 rings (SSSR count). The summed E-state index contributed by atoms with van der Waals surface area (Å²) in [5, 5.41) is 2.91. The molecule has 1 aromatic carbocycles. The van der Waals surface area contributed by atoms with Gasteiger partial charge in [-0.15, -0.1) is 12.4 Å². The van der Waals surface area contributed by atoms with Crippen LogP contribution in [0.4, 0.5) is 0 Å². The molecule has 1 heterocycles. The highest BCUT2D eigenvalue weighted by atomic mass is 35.5. The molecule has 0 unspecified atom stereocenters. The van der Waals surface area contributed by atoms with Crippen LogP contribution in [0.15, 0.2) is 30.3 Å². The Morgan fingerprint density at radius 1 is 1.18 bits per heavy atom. The summed E-state index contributed by atoms with van der Waals surface area (Å²) in [4.78, 5) is 12.1. The van der Waals surface area contributed by atoms with Crippen molar-refractivity contribution in [3.05, 3.63) is 30.3 Å². The molecule has 3 atom stereocenters. The van der Waals surface area contributed by atoms with Crippen molar-refractivity contribution in [3.63, 3.8) is 0 Å². The minimum absolute atomic E-state index is 0. The molecule has 0 spiro atoms. The zero-order valence-electron chi connectivity index (χ0n) is 17.4. The highest BCUT2D eigenvalue weighted by molar-refractivity contribution is 6.48. The number of benzene rings is 1. The molecule has 1 aromatic rings. The number of methoxy groups -OCH3 is 1. The van der Waals surface area contributed by atoms with E-state index in [0.29, 0.717) is 12.2 Å². The first kappa shape index (κ1) is 24.7. The number of para-hydroxylation sites is 1. The summed E-state index contributed by atoms with van der Waals surface area (Å²) in [5.74, 6) is -0.179. The lowest BCUT2D eigenvalue weighted by molar-refractivity contribution is -0.122. The number of hydrogen-bond acceptors (Lipinski definition) is 6. The molecule has 0 saturated carbocycles. The van der Waals surface area contributed by atoms with Crippen LogP contribution in [0.25, 0.3) is 0 Å². The summed E-state index contributed by atoms with van der Waals surface area (Å²) in [7, 11) is 0.786. The number of ether oxygens (including phenoxy) is 2. The van der Waals surface area contributed by atoms with Gasteiger partial charge in [0.05, 0.1) is 23.2 Å². The molecular weight excluding hydrogens is 382 g/mol. The van der Waals surface area contributed by atoms with Gasteiger partial charge in [-0.2, -0.15) is 0 Å². The maximum atomic E-state index is 12.1.